The van der Waals surface area contributed by atoms with Crippen LogP contribution in [0.2, 0.25) is 0 Å². The first-order valence-electron chi connectivity index (χ1n) is 7.53. The molecule has 4 aromatic carbocycles. The van der Waals surface area contributed by atoms with Crippen LogP contribution in [0.5, 0.6) is 0 Å². The number of hydrogen-bond donors (Lipinski definition) is 2. The first-order chi connectivity index (χ1) is 11.5. The van der Waals surface area contributed by atoms with Gasteiger partial charge < -0.3 is 11.5 Å². The van der Waals surface area contributed by atoms with Crippen molar-refractivity contribution >= 4 is 44.1 Å². The average molecular weight is 314 g/mol. The van der Waals surface area contributed by atoms with Gasteiger partial charge in [-0.05, 0) is 68.7 Å². The van der Waals surface area contributed by atoms with Gasteiger partial charge in [-0.25, -0.2) is 0 Å². The molecule has 4 aromatic rings. The van der Waals surface area contributed by atoms with Gasteiger partial charge in [0, 0.05) is 0 Å². The lowest BCUT2D eigenvalue weighted by Crippen LogP contribution is -2.20. The largest absolute Gasteiger partial charge is 0.366 e. The molecule has 4 heteroatoms. The molecule has 24 heavy (non-hydrogen) atoms. The Morgan fingerprint density at radius 3 is 1.25 bits per heavy atom. The van der Waals surface area contributed by atoms with Crippen LogP contribution in [0.1, 0.15) is 20.7 Å². The minimum Gasteiger partial charge on any atom is -0.366 e. The lowest BCUT2D eigenvalue weighted by Gasteiger charge is -2.09. The molecular formula is C20H14N2O2. The van der Waals surface area contributed by atoms with Gasteiger partial charge in [-0.1, -0.05) is 24.3 Å². The first-order valence-corrected chi connectivity index (χ1v) is 7.53. The summed E-state index contributed by atoms with van der Waals surface area (Å²) < 4.78 is 0. The molecule has 0 aliphatic heterocycles. The molecule has 4 nitrogen and oxygen atoms in total. The van der Waals surface area contributed by atoms with E-state index in [1.807, 2.05) is 24.3 Å². The van der Waals surface area contributed by atoms with Crippen LogP contribution in [0, 0.1) is 0 Å². The van der Waals surface area contributed by atoms with E-state index in [2.05, 4.69) is 24.3 Å². The smallest absolute Gasteiger partial charge is 0.249 e. The Balaban J connectivity index is 2.09. The number of hydrogen-bond acceptors (Lipinski definition) is 2. The molecule has 0 aliphatic rings. The Hall–Kier alpha value is -3.40. The van der Waals surface area contributed by atoms with Gasteiger partial charge in [-0.2, -0.15) is 0 Å². The van der Waals surface area contributed by atoms with Crippen LogP contribution in [0.3, 0.4) is 0 Å². The van der Waals surface area contributed by atoms with Crippen LogP contribution in [0.4, 0.5) is 0 Å². The van der Waals surface area contributed by atoms with Crippen molar-refractivity contribution in [2.24, 2.45) is 11.5 Å². The van der Waals surface area contributed by atoms with Crippen molar-refractivity contribution < 1.29 is 9.59 Å². The summed E-state index contributed by atoms with van der Waals surface area (Å²) in [6, 6.07) is 19.6. The molecule has 0 heterocycles. The lowest BCUT2D eigenvalue weighted by molar-refractivity contribution is 0.0967. The van der Waals surface area contributed by atoms with Crippen molar-refractivity contribution in [1.82, 2.24) is 0 Å². The third-order valence-corrected chi connectivity index (χ3v) is 4.33. The first kappa shape index (κ1) is 14.2. The molecule has 0 aromatic heterocycles. The Labute approximate surface area is 137 Å². The van der Waals surface area contributed by atoms with Crippen molar-refractivity contribution in [3.63, 3.8) is 0 Å². The Morgan fingerprint density at radius 2 is 0.875 bits per heavy atom. The maximum absolute atomic E-state index is 11.6. The van der Waals surface area contributed by atoms with Gasteiger partial charge in [0.1, 0.15) is 0 Å². The van der Waals surface area contributed by atoms with Gasteiger partial charge in [0.15, 0.2) is 0 Å². The highest BCUT2D eigenvalue weighted by atomic mass is 16.2. The Kier molecular flexibility index (Phi) is 3.00. The zero-order valence-electron chi connectivity index (χ0n) is 12.7. The van der Waals surface area contributed by atoms with Gasteiger partial charge in [-0.15, -0.1) is 0 Å². The number of benzene rings is 4. The van der Waals surface area contributed by atoms with Gasteiger partial charge in [0.25, 0.3) is 0 Å². The molecular weight excluding hydrogens is 300 g/mol. The van der Waals surface area contributed by atoms with Gasteiger partial charge in [0.2, 0.25) is 11.8 Å². The fourth-order valence-electron chi connectivity index (χ4n) is 3.15. The zero-order chi connectivity index (χ0) is 16.8. The van der Waals surface area contributed by atoms with Crippen LogP contribution in [0.25, 0.3) is 32.3 Å². The summed E-state index contributed by atoms with van der Waals surface area (Å²) in [5.74, 6) is -1.33. The zero-order valence-corrected chi connectivity index (χ0v) is 12.7. The van der Waals surface area contributed by atoms with E-state index in [9.17, 15) is 9.59 Å². The fraction of sp³-hybridized carbons (Fsp3) is 0. The molecule has 0 spiro atoms. The molecule has 0 aliphatic carbocycles. The maximum atomic E-state index is 11.6. The molecule has 0 fully saturated rings. The van der Waals surface area contributed by atoms with Crippen molar-refractivity contribution in [1.29, 1.82) is 0 Å². The van der Waals surface area contributed by atoms with Crippen LogP contribution < -0.4 is 11.5 Å². The highest BCUT2D eigenvalue weighted by Crippen LogP contribution is 2.29. The minimum atomic E-state index is -0.663. The number of carbonyl (C=O) groups excluding carboxylic acids is 2. The Morgan fingerprint density at radius 1 is 0.542 bits per heavy atom. The predicted octanol–water partition coefficient (Wildman–Crippen LogP) is 3.34. The summed E-state index contributed by atoms with van der Waals surface area (Å²) in [6.45, 7) is 0. The van der Waals surface area contributed by atoms with E-state index in [4.69, 9.17) is 11.5 Å². The average Bonchev–Trinajstić information content (AvgIpc) is 2.56. The lowest BCUT2D eigenvalue weighted by atomic mass is 9.96. The van der Waals surface area contributed by atoms with E-state index in [-0.39, 0.29) is 11.1 Å². The second-order valence-corrected chi connectivity index (χ2v) is 5.87. The summed E-state index contributed by atoms with van der Waals surface area (Å²) in [6.07, 6.45) is 0. The summed E-state index contributed by atoms with van der Waals surface area (Å²) in [5, 5.41) is 6.10. The molecule has 116 valence electrons. The normalized spacial score (nSPS) is 11.2. The van der Waals surface area contributed by atoms with Crippen molar-refractivity contribution in [2.75, 3.05) is 0 Å². The van der Waals surface area contributed by atoms with E-state index in [0.29, 0.717) is 0 Å². The topological polar surface area (TPSA) is 86.2 Å². The fourth-order valence-corrected chi connectivity index (χ4v) is 3.15. The van der Waals surface area contributed by atoms with Crippen LogP contribution in [-0.4, -0.2) is 11.8 Å². The van der Waals surface area contributed by atoms with E-state index >= 15 is 0 Å². The highest BCUT2D eigenvalue weighted by Gasteiger charge is 2.14. The second kappa shape index (κ2) is 5.06. The molecule has 4 rings (SSSR count). The van der Waals surface area contributed by atoms with Crippen LogP contribution in [0.15, 0.2) is 60.7 Å². The summed E-state index contributed by atoms with van der Waals surface area (Å²) >= 11 is 0. The highest BCUT2D eigenvalue weighted by molar-refractivity contribution is 6.12. The molecule has 0 saturated heterocycles. The number of nitrogens with two attached hydrogens (primary N) is 2. The van der Waals surface area contributed by atoms with E-state index in [1.54, 1.807) is 12.1 Å². The second-order valence-electron chi connectivity index (χ2n) is 5.87. The van der Waals surface area contributed by atoms with Crippen molar-refractivity contribution in [2.45, 2.75) is 0 Å². The predicted molar refractivity (Wildman–Crippen MR) is 96.0 cm³/mol. The molecule has 0 unspecified atom stereocenters. The molecule has 0 atom stereocenters. The summed E-state index contributed by atoms with van der Waals surface area (Å²) in [5.41, 5.74) is 11.1. The van der Waals surface area contributed by atoms with Crippen LogP contribution in [-0.2, 0) is 0 Å². The van der Waals surface area contributed by atoms with Crippen molar-refractivity contribution in [3.8, 4) is 0 Å². The standard InChI is InChI=1S/C20H14N2O2/c21-19(23)17-9-15-7-13-5-11-3-1-2-4-12(11)6-14(13)8-16(15)10-18(17)20(22)24/h1-10H,(H2,21,23)(H2,22,24). The number of fused-ring (bicyclic) bond motifs is 3. The monoisotopic (exact) mass is 314 g/mol. The van der Waals surface area contributed by atoms with Gasteiger partial charge in [-0.3, -0.25) is 9.59 Å². The number of carbonyl (C=O) groups is 2. The summed E-state index contributed by atoms with van der Waals surface area (Å²) in [7, 11) is 0. The van der Waals surface area contributed by atoms with E-state index < -0.39 is 11.8 Å². The molecule has 0 bridgehead atoms. The third-order valence-electron chi connectivity index (χ3n) is 4.33. The SMILES string of the molecule is NC(=O)c1cc2cc3cc4ccccc4cc3cc2cc1C(N)=O. The van der Waals surface area contributed by atoms with E-state index in [1.165, 1.54) is 0 Å². The summed E-state index contributed by atoms with van der Waals surface area (Å²) in [4.78, 5) is 23.2. The third kappa shape index (κ3) is 2.16. The number of primary amides is 2. The Bertz CT molecular complexity index is 1070. The molecule has 0 radical (unpaired) electrons. The van der Waals surface area contributed by atoms with Gasteiger partial charge in [0.05, 0.1) is 11.1 Å². The quantitative estimate of drug-likeness (QED) is 0.556. The molecule has 4 N–H and O–H groups in total. The maximum Gasteiger partial charge on any atom is 0.249 e. The number of amides is 2. The molecule has 2 amide bonds. The molecule has 0 saturated carbocycles. The van der Waals surface area contributed by atoms with Gasteiger partial charge >= 0.3 is 0 Å². The van der Waals surface area contributed by atoms with Crippen LogP contribution >= 0.6 is 0 Å². The minimum absolute atomic E-state index is 0.148. The van der Waals surface area contributed by atoms with Crippen molar-refractivity contribution in [3.05, 3.63) is 71.8 Å². The number of rotatable bonds is 2. The van der Waals surface area contributed by atoms with E-state index in [0.717, 1.165) is 32.3 Å².